The molecular weight excluding hydrogens is 210 g/mol. The summed E-state index contributed by atoms with van der Waals surface area (Å²) in [4.78, 5) is 0. The second kappa shape index (κ2) is 5.52. The molecule has 0 spiro atoms. The Kier molecular flexibility index (Phi) is 4.61. The van der Waals surface area contributed by atoms with E-state index in [1.165, 1.54) is 0 Å². The van der Waals surface area contributed by atoms with E-state index in [1.54, 1.807) is 0 Å². The summed E-state index contributed by atoms with van der Waals surface area (Å²) in [5.41, 5.74) is 1.99. The quantitative estimate of drug-likeness (QED) is 0.787. The molecule has 0 unspecified atom stereocenters. The fourth-order valence-corrected chi connectivity index (χ4v) is 1.65. The van der Waals surface area contributed by atoms with Crippen molar-refractivity contribution in [1.82, 2.24) is 15.1 Å². The largest absolute Gasteiger partial charge is 0.314 e. The fraction of sp³-hybridized carbons (Fsp3) is 0.727. The molecule has 0 atom stereocenters. The van der Waals surface area contributed by atoms with Gasteiger partial charge in [0.2, 0.25) is 0 Å². The third-order valence-corrected chi connectivity index (χ3v) is 2.94. The van der Waals surface area contributed by atoms with Gasteiger partial charge in [-0.2, -0.15) is 5.10 Å². The zero-order chi connectivity index (χ0) is 11.4. The summed E-state index contributed by atoms with van der Waals surface area (Å²) >= 11 is 6.06. The van der Waals surface area contributed by atoms with Gasteiger partial charge in [-0.25, -0.2) is 0 Å². The monoisotopic (exact) mass is 229 g/mol. The molecule has 0 bridgehead atoms. The molecule has 0 radical (unpaired) electrons. The Morgan fingerprint density at radius 1 is 1.40 bits per heavy atom. The van der Waals surface area contributed by atoms with Crippen molar-refractivity contribution in [1.29, 1.82) is 0 Å². The SMILES string of the molecule is Cc1nn(CCCNC(C)C)c(C)c1Cl. The molecule has 1 rings (SSSR count). The Morgan fingerprint density at radius 3 is 2.53 bits per heavy atom. The second-order valence-corrected chi connectivity index (χ2v) is 4.55. The standard InChI is InChI=1S/C11H20ClN3/c1-8(2)13-6-5-7-15-10(4)11(12)9(3)14-15/h8,13H,5-7H2,1-4H3. The van der Waals surface area contributed by atoms with Gasteiger partial charge in [-0.05, 0) is 26.8 Å². The summed E-state index contributed by atoms with van der Waals surface area (Å²) < 4.78 is 1.99. The van der Waals surface area contributed by atoms with E-state index in [-0.39, 0.29) is 0 Å². The first-order chi connectivity index (χ1) is 7.02. The van der Waals surface area contributed by atoms with Crippen molar-refractivity contribution in [3.05, 3.63) is 16.4 Å². The highest BCUT2D eigenvalue weighted by atomic mass is 35.5. The Morgan fingerprint density at radius 2 is 2.07 bits per heavy atom. The van der Waals surface area contributed by atoms with Crippen LogP contribution in [0.15, 0.2) is 0 Å². The first-order valence-corrected chi connectivity index (χ1v) is 5.83. The van der Waals surface area contributed by atoms with Crippen molar-refractivity contribution in [3.8, 4) is 0 Å². The second-order valence-electron chi connectivity index (χ2n) is 4.17. The molecular formula is C11H20ClN3. The van der Waals surface area contributed by atoms with Gasteiger partial charge in [-0.1, -0.05) is 25.4 Å². The van der Waals surface area contributed by atoms with E-state index in [2.05, 4.69) is 24.3 Å². The van der Waals surface area contributed by atoms with Gasteiger partial charge in [0.25, 0.3) is 0 Å². The number of halogens is 1. The van der Waals surface area contributed by atoms with Crippen LogP contribution in [0, 0.1) is 13.8 Å². The molecule has 15 heavy (non-hydrogen) atoms. The predicted octanol–water partition coefficient (Wildman–Crippen LogP) is 2.54. The van der Waals surface area contributed by atoms with Crippen LogP contribution in [-0.2, 0) is 6.54 Å². The Labute approximate surface area is 96.8 Å². The van der Waals surface area contributed by atoms with Crippen molar-refractivity contribution in [2.45, 2.75) is 46.7 Å². The van der Waals surface area contributed by atoms with Gasteiger partial charge in [0.05, 0.1) is 16.4 Å². The summed E-state index contributed by atoms with van der Waals surface area (Å²) in [5.74, 6) is 0. The smallest absolute Gasteiger partial charge is 0.0844 e. The first kappa shape index (κ1) is 12.5. The highest BCUT2D eigenvalue weighted by Crippen LogP contribution is 2.18. The van der Waals surface area contributed by atoms with Crippen molar-refractivity contribution < 1.29 is 0 Å². The molecule has 0 aliphatic rings. The molecule has 0 aliphatic carbocycles. The molecule has 0 fully saturated rings. The van der Waals surface area contributed by atoms with Crippen molar-refractivity contribution >= 4 is 11.6 Å². The van der Waals surface area contributed by atoms with Crippen LogP contribution in [-0.4, -0.2) is 22.4 Å². The first-order valence-electron chi connectivity index (χ1n) is 5.45. The molecule has 0 aromatic carbocycles. The Hall–Kier alpha value is -0.540. The summed E-state index contributed by atoms with van der Waals surface area (Å²) in [6, 6.07) is 0.550. The molecule has 0 amide bonds. The highest BCUT2D eigenvalue weighted by molar-refractivity contribution is 6.31. The normalized spacial score (nSPS) is 11.3. The molecule has 0 aliphatic heterocycles. The Balaban J connectivity index is 2.41. The van der Waals surface area contributed by atoms with Crippen LogP contribution < -0.4 is 5.32 Å². The zero-order valence-electron chi connectivity index (χ0n) is 9.97. The van der Waals surface area contributed by atoms with Gasteiger partial charge in [-0.3, -0.25) is 4.68 Å². The van der Waals surface area contributed by atoms with E-state index in [0.29, 0.717) is 6.04 Å². The van der Waals surface area contributed by atoms with E-state index in [4.69, 9.17) is 11.6 Å². The number of aromatic nitrogens is 2. The van der Waals surface area contributed by atoms with Crippen LogP contribution in [0.2, 0.25) is 5.02 Å². The number of aryl methyl sites for hydroxylation is 2. The number of hydrogen-bond donors (Lipinski definition) is 1. The molecule has 86 valence electrons. The van der Waals surface area contributed by atoms with E-state index in [1.807, 2.05) is 18.5 Å². The topological polar surface area (TPSA) is 29.9 Å². The van der Waals surface area contributed by atoms with E-state index in [0.717, 1.165) is 35.9 Å². The van der Waals surface area contributed by atoms with E-state index >= 15 is 0 Å². The maximum atomic E-state index is 6.06. The van der Waals surface area contributed by atoms with E-state index in [9.17, 15) is 0 Å². The molecule has 1 aromatic rings. The average molecular weight is 230 g/mol. The maximum absolute atomic E-state index is 6.06. The highest BCUT2D eigenvalue weighted by Gasteiger charge is 2.07. The average Bonchev–Trinajstić information content (AvgIpc) is 2.41. The van der Waals surface area contributed by atoms with Crippen molar-refractivity contribution in [2.75, 3.05) is 6.54 Å². The molecule has 3 nitrogen and oxygen atoms in total. The van der Waals surface area contributed by atoms with Gasteiger partial charge in [0.15, 0.2) is 0 Å². The lowest BCUT2D eigenvalue weighted by molar-refractivity contribution is 0.506. The number of rotatable bonds is 5. The minimum Gasteiger partial charge on any atom is -0.314 e. The minimum absolute atomic E-state index is 0.550. The van der Waals surface area contributed by atoms with Crippen LogP contribution in [0.1, 0.15) is 31.7 Å². The summed E-state index contributed by atoms with van der Waals surface area (Å²) in [6.45, 7) is 10.2. The zero-order valence-corrected chi connectivity index (χ0v) is 10.7. The minimum atomic E-state index is 0.550. The van der Waals surface area contributed by atoms with Crippen LogP contribution in [0.25, 0.3) is 0 Å². The van der Waals surface area contributed by atoms with Gasteiger partial charge in [-0.15, -0.1) is 0 Å². The molecule has 1 aromatic heterocycles. The van der Waals surface area contributed by atoms with Crippen LogP contribution in [0.5, 0.6) is 0 Å². The third-order valence-electron chi connectivity index (χ3n) is 2.39. The number of hydrogen-bond acceptors (Lipinski definition) is 2. The van der Waals surface area contributed by atoms with Crippen LogP contribution >= 0.6 is 11.6 Å². The summed E-state index contributed by atoms with van der Waals surface area (Å²) in [7, 11) is 0. The van der Waals surface area contributed by atoms with E-state index < -0.39 is 0 Å². The van der Waals surface area contributed by atoms with Crippen molar-refractivity contribution in [3.63, 3.8) is 0 Å². The lowest BCUT2D eigenvalue weighted by atomic mass is 10.3. The van der Waals surface area contributed by atoms with Gasteiger partial charge in [0.1, 0.15) is 0 Å². The molecule has 0 saturated carbocycles. The van der Waals surface area contributed by atoms with Crippen LogP contribution in [0.3, 0.4) is 0 Å². The molecule has 0 saturated heterocycles. The number of nitrogens with zero attached hydrogens (tertiary/aromatic N) is 2. The third kappa shape index (κ3) is 3.50. The molecule has 1 N–H and O–H groups in total. The maximum Gasteiger partial charge on any atom is 0.0844 e. The molecule has 4 heteroatoms. The number of nitrogens with one attached hydrogen (secondary N) is 1. The summed E-state index contributed by atoms with van der Waals surface area (Å²) in [6.07, 6.45) is 1.08. The lowest BCUT2D eigenvalue weighted by Crippen LogP contribution is -2.24. The van der Waals surface area contributed by atoms with Gasteiger partial charge in [0, 0.05) is 12.6 Å². The predicted molar refractivity (Wildman–Crippen MR) is 64.5 cm³/mol. The Bertz CT molecular complexity index is 318. The van der Waals surface area contributed by atoms with Crippen molar-refractivity contribution in [2.24, 2.45) is 0 Å². The van der Waals surface area contributed by atoms with Gasteiger partial charge < -0.3 is 5.32 Å². The molecule has 1 heterocycles. The fourth-order valence-electron chi connectivity index (χ4n) is 1.51. The summed E-state index contributed by atoms with van der Waals surface area (Å²) in [5, 5.41) is 8.56. The van der Waals surface area contributed by atoms with Crippen LogP contribution in [0.4, 0.5) is 0 Å². The van der Waals surface area contributed by atoms with Gasteiger partial charge >= 0.3 is 0 Å². The lowest BCUT2D eigenvalue weighted by Gasteiger charge is -2.08.